The van der Waals surface area contributed by atoms with E-state index in [-0.39, 0.29) is 12.5 Å². The van der Waals surface area contributed by atoms with E-state index < -0.39 is 5.92 Å². The molecule has 0 aromatic heterocycles. The van der Waals surface area contributed by atoms with Gasteiger partial charge >= 0.3 is 0 Å². The van der Waals surface area contributed by atoms with Crippen molar-refractivity contribution in [2.45, 2.75) is 37.6 Å². The molecule has 2 aliphatic carbocycles. The van der Waals surface area contributed by atoms with Crippen LogP contribution < -0.4 is 0 Å². The molecule has 3 rings (SSSR count). The number of piperazine rings is 1. The fourth-order valence-electron chi connectivity index (χ4n) is 2.66. The summed E-state index contributed by atoms with van der Waals surface area (Å²) >= 11 is 0. The Morgan fingerprint density at radius 2 is 1.56 bits per heavy atom. The predicted octanol–water partition coefficient (Wildman–Crippen LogP) is 1.81. The summed E-state index contributed by atoms with van der Waals surface area (Å²) in [5.41, 5.74) is 0. The first-order valence-electron chi connectivity index (χ1n) is 6.49. The molecule has 2 nitrogen and oxygen atoms in total. The van der Waals surface area contributed by atoms with E-state index in [2.05, 4.69) is 4.90 Å². The van der Waals surface area contributed by atoms with Crippen LogP contribution in [0.4, 0.5) is 8.78 Å². The van der Waals surface area contributed by atoms with Crippen molar-refractivity contribution in [1.29, 1.82) is 0 Å². The second kappa shape index (κ2) is 3.91. The fourth-order valence-corrected chi connectivity index (χ4v) is 2.66. The third-order valence-electron chi connectivity index (χ3n) is 4.08. The number of hydrogen-bond acceptors (Lipinski definition) is 2. The fraction of sp³-hybridized carbons (Fsp3) is 1.00. The van der Waals surface area contributed by atoms with Gasteiger partial charge in [0.25, 0.3) is 5.92 Å². The van der Waals surface area contributed by atoms with Gasteiger partial charge in [0.05, 0.1) is 6.54 Å². The Morgan fingerprint density at radius 1 is 0.938 bits per heavy atom. The molecule has 3 aliphatic rings. The molecule has 0 unspecified atom stereocenters. The first-order chi connectivity index (χ1) is 7.65. The lowest BCUT2D eigenvalue weighted by molar-refractivity contribution is -0.0600. The zero-order valence-corrected chi connectivity index (χ0v) is 9.67. The third kappa shape index (κ3) is 2.38. The summed E-state index contributed by atoms with van der Waals surface area (Å²) in [6.07, 6.45) is 4.10. The van der Waals surface area contributed by atoms with Gasteiger partial charge < -0.3 is 0 Å². The Bertz CT molecular complexity index is 254. The molecule has 0 aromatic carbocycles. The van der Waals surface area contributed by atoms with E-state index in [1.165, 1.54) is 12.8 Å². The molecule has 1 heterocycles. The highest BCUT2D eigenvalue weighted by Crippen LogP contribution is 2.43. The van der Waals surface area contributed by atoms with Crippen molar-refractivity contribution in [1.82, 2.24) is 9.80 Å². The second-order valence-electron chi connectivity index (χ2n) is 5.58. The number of nitrogens with zero attached hydrogens (tertiary/aromatic N) is 2. The van der Waals surface area contributed by atoms with Gasteiger partial charge in [0.2, 0.25) is 0 Å². The van der Waals surface area contributed by atoms with Crippen molar-refractivity contribution >= 4 is 0 Å². The monoisotopic (exact) mass is 230 g/mol. The van der Waals surface area contributed by atoms with Crippen LogP contribution in [0.1, 0.15) is 25.7 Å². The molecule has 3 fully saturated rings. The highest BCUT2D eigenvalue weighted by molar-refractivity contribution is 4.92. The standard InChI is InChI=1S/C12H20F2N2/c13-12(14,10-1-2-10)9-15-5-7-16(8-6-15)11-3-4-11/h10-11H,1-9H2. The van der Waals surface area contributed by atoms with Crippen LogP contribution in [0.15, 0.2) is 0 Å². The Labute approximate surface area is 95.6 Å². The quantitative estimate of drug-likeness (QED) is 0.727. The molecule has 1 aliphatic heterocycles. The van der Waals surface area contributed by atoms with Crippen LogP contribution in [-0.2, 0) is 0 Å². The highest BCUT2D eigenvalue weighted by Gasteiger charge is 2.47. The number of halogens is 2. The molecule has 0 N–H and O–H groups in total. The molecule has 0 aromatic rings. The molecule has 0 amide bonds. The van der Waals surface area contributed by atoms with Crippen molar-refractivity contribution in [2.75, 3.05) is 32.7 Å². The maximum Gasteiger partial charge on any atom is 0.263 e. The average Bonchev–Trinajstić information content (AvgIpc) is 3.10. The van der Waals surface area contributed by atoms with Crippen molar-refractivity contribution in [3.05, 3.63) is 0 Å². The lowest BCUT2D eigenvalue weighted by atomic mass is 10.2. The van der Waals surface area contributed by atoms with Crippen LogP contribution in [0.5, 0.6) is 0 Å². The molecule has 0 bridgehead atoms. The van der Waals surface area contributed by atoms with Gasteiger partial charge in [-0.05, 0) is 25.7 Å². The topological polar surface area (TPSA) is 6.48 Å². The van der Waals surface area contributed by atoms with Crippen LogP contribution in [-0.4, -0.2) is 54.5 Å². The Balaban J connectivity index is 1.46. The smallest absolute Gasteiger partial charge is 0.263 e. The van der Waals surface area contributed by atoms with Gasteiger partial charge in [-0.2, -0.15) is 0 Å². The molecular weight excluding hydrogens is 210 g/mol. The molecule has 16 heavy (non-hydrogen) atoms. The van der Waals surface area contributed by atoms with E-state index in [0.717, 1.165) is 45.1 Å². The molecule has 4 heteroatoms. The SMILES string of the molecule is FC(F)(CN1CCN(C2CC2)CC1)C1CC1. The molecule has 0 radical (unpaired) electrons. The first kappa shape index (κ1) is 10.9. The van der Waals surface area contributed by atoms with E-state index >= 15 is 0 Å². The number of alkyl halides is 2. The summed E-state index contributed by atoms with van der Waals surface area (Å²) in [6, 6.07) is 0.783. The van der Waals surface area contributed by atoms with E-state index in [4.69, 9.17) is 0 Å². The van der Waals surface area contributed by atoms with Crippen LogP contribution >= 0.6 is 0 Å². The summed E-state index contributed by atoms with van der Waals surface area (Å²) in [6.45, 7) is 3.64. The normalized spacial score (nSPS) is 29.6. The van der Waals surface area contributed by atoms with Crippen LogP contribution in [0, 0.1) is 5.92 Å². The van der Waals surface area contributed by atoms with Gasteiger partial charge in [0, 0.05) is 38.1 Å². The van der Waals surface area contributed by atoms with E-state index in [9.17, 15) is 8.78 Å². The zero-order valence-electron chi connectivity index (χ0n) is 9.67. The minimum absolute atomic E-state index is 0.00380. The van der Waals surface area contributed by atoms with Gasteiger partial charge in [0.15, 0.2) is 0 Å². The summed E-state index contributed by atoms with van der Waals surface area (Å²) in [4.78, 5) is 4.42. The maximum atomic E-state index is 13.6. The predicted molar refractivity (Wildman–Crippen MR) is 58.7 cm³/mol. The molecule has 92 valence electrons. The van der Waals surface area contributed by atoms with Crippen molar-refractivity contribution < 1.29 is 8.78 Å². The second-order valence-corrected chi connectivity index (χ2v) is 5.58. The molecule has 1 saturated heterocycles. The van der Waals surface area contributed by atoms with Crippen molar-refractivity contribution in [3.63, 3.8) is 0 Å². The first-order valence-corrected chi connectivity index (χ1v) is 6.49. The lowest BCUT2D eigenvalue weighted by Crippen LogP contribution is -2.50. The average molecular weight is 230 g/mol. The Hall–Kier alpha value is -0.220. The van der Waals surface area contributed by atoms with Gasteiger partial charge in [-0.1, -0.05) is 0 Å². The minimum atomic E-state index is -2.43. The largest absolute Gasteiger partial charge is 0.298 e. The van der Waals surface area contributed by atoms with Gasteiger partial charge in [-0.15, -0.1) is 0 Å². The molecular formula is C12H20F2N2. The van der Waals surface area contributed by atoms with E-state index in [0.29, 0.717) is 0 Å². The maximum absolute atomic E-state index is 13.6. The third-order valence-corrected chi connectivity index (χ3v) is 4.08. The molecule has 2 saturated carbocycles. The van der Waals surface area contributed by atoms with Gasteiger partial charge in [0.1, 0.15) is 0 Å². The van der Waals surface area contributed by atoms with Crippen molar-refractivity contribution in [3.8, 4) is 0 Å². The molecule has 0 spiro atoms. The van der Waals surface area contributed by atoms with Gasteiger partial charge in [-0.3, -0.25) is 9.80 Å². The van der Waals surface area contributed by atoms with Crippen LogP contribution in [0.25, 0.3) is 0 Å². The van der Waals surface area contributed by atoms with Crippen molar-refractivity contribution in [2.24, 2.45) is 5.92 Å². The lowest BCUT2D eigenvalue weighted by Gasteiger charge is -2.36. The summed E-state index contributed by atoms with van der Waals surface area (Å²) in [5, 5.41) is 0. The summed E-state index contributed by atoms with van der Waals surface area (Å²) in [7, 11) is 0. The number of hydrogen-bond donors (Lipinski definition) is 0. The van der Waals surface area contributed by atoms with Gasteiger partial charge in [-0.25, -0.2) is 8.78 Å². The van der Waals surface area contributed by atoms with E-state index in [1.807, 2.05) is 4.90 Å². The van der Waals surface area contributed by atoms with E-state index in [1.54, 1.807) is 0 Å². The summed E-state index contributed by atoms with van der Waals surface area (Å²) < 4.78 is 27.2. The molecule has 0 atom stereocenters. The zero-order chi connectivity index (χ0) is 11.2. The number of rotatable bonds is 4. The Kier molecular flexibility index (Phi) is 2.67. The highest BCUT2D eigenvalue weighted by atomic mass is 19.3. The van der Waals surface area contributed by atoms with Crippen LogP contribution in [0.2, 0.25) is 0 Å². The van der Waals surface area contributed by atoms with Crippen LogP contribution in [0.3, 0.4) is 0 Å². The Morgan fingerprint density at radius 3 is 2.06 bits per heavy atom. The summed E-state index contributed by atoms with van der Waals surface area (Å²) in [5.74, 6) is -2.74. The minimum Gasteiger partial charge on any atom is -0.298 e.